The highest BCUT2D eigenvalue weighted by molar-refractivity contribution is 5.82. The van der Waals surface area contributed by atoms with Gasteiger partial charge in [-0.2, -0.15) is 0 Å². The molecule has 1 fully saturated rings. The van der Waals surface area contributed by atoms with E-state index >= 15 is 0 Å². The van der Waals surface area contributed by atoms with E-state index in [2.05, 4.69) is 9.88 Å². The Morgan fingerprint density at radius 2 is 2.00 bits per heavy atom. The van der Waals surface area contributed by atoms with Crippen LogP contribution in [0.25, 0.3) is 10.8 Å². The molecule has 0 amide bonds. The lowest BCUT2D eigenvalue weighted by molar-refractivity contribution is 0.203. The number of benzene rings is 1. The Hall–Kier alpha value is -1.88. The second-order valence-electron chi connectivity index (χ2n) is 5.80. The molecule has 0 spiro atoms. The van der Waals surface area contributed by atoms with Crippen LogP contribution in [0.4, 0.5) is 4.39 Å². The van der Waals surface area contributed by atoms with Gasteiger partial charge < -0.3 is 9.64 Å². The second kappa shape index (κ2) is 6.92. The number of halogens is 1. The van der Waals surface area contributed by atoms with Gasteiger partial charge in [-0.25, -0.2) is 4.39 Å². The van der Waals surface area contributed by atoms with Crippen LogP contribution in [-0.4, -0.2) is 36.1 Å². The van der Waals surface area contributed by atoms with Crippen LogP contribution in [0.5, 0.6) is 5.88 Å². The molecule has 0 aliphatic carbocycles. The lowest BCUT2D eigenvalue weighted by Crippen LogP contribution is -2.31. The number of ether oxygens (including phenoxy) is 1. The van der Waals surface area contributed by atoms with Gasteiger partial charge in [0, 0.05) is 12.6 Å². The average Bonchev–Trinajstić information content (AvgIpc) is 2.53. The first-order valence-corrected chi connectivity index (χ1v) is 7.90. The maximum absolute atomic E-state index is 13.2. The van der Waals surface area contributed by atoms with Gasteiger partial charge in [0.1, 0.15) is 5.82 Å². The molecule has 4 nitrogen and oxygen atoms in total. The molecule has 3 rings (SSSR count). The molecular weight excluding hydrogens is 283 g/mol. The molecule has 2 aromatic rings. The zero-order chi connectivity index (χ0) is 15.4. The first-order chi connectivity index (χ1) is 10.7. The van der Waals surface area contributed by atoms with Crippen LogP contribution in [0.2, 0.25) is 0 Å². The Labute approximate surface area is 128 Å². The summed E-state index contributed by atoms with van der Waals surface area (Å²) in [5, 5.41) is 1.04. The zero-order valence-electron chi connectivity index (χ0n) is 12.6. The van der Waals surface area contributed by atoms with Crippen LogP contribution in [0.1, 0.15) is 25.7 Å². The monoisotopic (exact) mass is 304 g/mol. The van der Waals surface area contributed by atoms with E-state index in [1.54, 1.807) is 12.1 Å². The van der Waals surface area contributed by atoms with Crippen molar-refractivity contribution in [3.05, 3.63) is 40.4 Å². The van der Waals surface area contributed by atoms with E-state index in [0.29, 0.717) is 23.3 Å². The highest BCUT2D eigenvalue weighted by Gasteiger charge is 2.09. The number of pyridine rings is 1. The molecule has 1 saturated heterocycles. The van der Waals surface area contributed by atoms with E-state index in [1.807, 2.05) is 0 Å². The largest absolute Gasteiger partial charge is 0.479 e. The fourth-order valence-electron chi connectivity index (χ4n) is 2.94. The van der Waals surface area contributed by atoms with Crippen molar-refractivity contribution >= 4 is 10.8 Å². The Kier molecular flexibility index (Phi) is 4.73. The minimum absolute atomic E-state index is 0.317. The molecule has 0 unspecified atom stereocenters. The highest BCUT2D eigenvalue weighted by Crippen LogP contribution is 2.16. The average molecular weight is 304 g/mol. The molecule has 1 aliphatic heterocycles. The molecule has 1 aromatic carbocycles. The van der Waals surface area contributed by atoms with Gasteiger partial charge in [-0.05, 0) is 49.9 Å². The van der Waals surface area contributed by atoms with Gasteiger partial charge in [-0.15, -0.1) is 0 Å². The fraction of sp³-hybridized carbons (Fsp3) is 0.471. The summed E-state index contributed by atoms with van der Waals surface area (Å²) in [6.07, 6.45) is 4.85. The number of hydrogen-bond acceptors (Lipinski definition) is 3. The van der Waals surface area contributed by atoms with Crippen LogP contribution in [0.3, 0.4) is 0 Å². The van der Waals surface area contributed by atoms with E-state index in [9.17, 15) is 9.18 Å². The van der Waals surface area contributed by atoms with Crippen LogP contribution in [0.15, 0.2) is 29.1 Å². The third-order valence-electron chi connectivity index (χ3n) is 4.11. The van der Waals surface area contributed by atoms with Crippen molar-refractivity contribution in [2.75, 3.05) is 26.2 Å². The van der Waals surface area contributed by atoms with E-state index in [4.69, 9.17) is 4.74 Å². The van der Waals surface area contributed by atoms with Gasteiger partial charge in [-0.1, -0.05) is 12.5 Å². The van der Waals surface area contributed by atoms with Crippen molar-refractivity contribution < 1.29 is 9.13 Å². The van der Waals surface area contributed by atoms with Gasteiger partial charge in [0.15, 0.2) is 5.88 Å². The lowest BCUT2D eigenvalue weighted by atomic mass is 10.1. The molecule has 1 N–H and O–H groups in total. The number of aromatic nitrogens is 1. The minimum atomic E-state index is -0.409. The third kappa shape index (κ3) is 3.65. The van der Waals surface area contributed by atoms with Crippen molar-refractivity contribution in [3.63, 3.8) is 0 Å². The topological polar surface area (TPSA) is 45.3 Å². The summed E-state index contributed by atoms with van der Waals surface area (Å²) in [7, 11) is 0. The van der Waals surface area contributed by atoms with Crippen molar-refractivity contribution in [2.45, 2.75) is 25.7 Å². The third-order valence-corrected chi connectivity index (χ3v) is 4.11. The summed E-state index contributed by atoms with van der Waals surface area (Å²) in [6.45, 7) is 3.96. The molecule has 118 valence electrons. The minimum Gasteiger partial charge on any atom is -0.479 e. The van der Waals surface area contributed by atoms with Gasteiger partial charge in [-0.3, -0.25) is 9.78 Å². The molecule has 0 saturated carbocycles. The number of likely N-dealkylation sites (tertiary alicyclic amines) is 1. The number of hydrogen-bond donors (Lipinski definition) is 1. The lowest BCUT2D eigenvalue weighted by Gasteiger charge is -2.26. The highest BCUT2D eigenvalue weighted by atomic mass is 19.1. The number of fused-ring (bicyclic) bond motifs is 1. The summed E-state index contributed by atoms with van der Waals surface area (Å²) in [6, 6.07) is 5.94. The molecule has 0 radical (unpaired) electrons. The van der Waals surface area contributed by atoms with Gasteiger partial charge in [0.25, 0.3) is 5.56 Å². The molecule has 0 atom stereocenters. The number of rotatable bonds is 5. The fourth-order valence-corrected chi connectivity index (χ4v) is 2.94. The first kappa shape index (κ1) is 15.0. The maximum atomic E-state index is 13.2. The van der Waals surface area contributed by atoms with E-state index < -0.39 is 5.82 Å². The number of piperidine rings is 1. The van der Waals surface area contributed by atoms with Crippen LogP contribution in [-0.2, 0) is 0 Å². The summed E-state index contributed by atoms with van der Waals surface area (Å²) < 4.78 is 18.8. The van der Waals surface area contributed by atoms with E-state index in [-0.39, 0.29) is 5.56 Å². The Morgan fingerprint density at radius 3 is 2.82 bits per heavy atom. The molecule has 1 aromatic heterocycles. The van der Waals surface area contributed by atoms with Crippen molar-refractivity contribution in [1.82, 2.24) is 9.88 Å². The standard InChI is InChI=1S/C17H21FN2O2/c18-14-6-5-13-11-16(19-17(21)15(13)12-14)22-10-4-9-20-7-2-1-3-8-20/h5-6,11-12H,1-4,7-10H2,(H,19,21). The van der Waals surface area contributed by atoms with Crippen molar-refractivity contribution in [2.24, 2.45) is 0 Å². The van der Waals surface area contributed by atoms with E-state index in [0.717, 1.165) is 13.0 Å². The summed E-state index contributed by atoms with van der Waals surface area (Å²) in [5.41, 5.74) is -0.317. The van der Waals surface area contributed by atoms with Gasteiger partial charge in [0.2, 0.25) is 0 Å². The Morgan fingerprint density at radius 1 is 1.18 bits per heavy atom. The predicted molar refractivity (Wildman–Crippen MR) is 84.9 cm³/mol. The molecule has 22 heavy (non-hydrogen) atoms. The second-order valence-corrected chi connectivity index (χ2v) is 5.80. The molecule has 2 heterocycles. The summed E-state index contributed by atoms with van der Waals surface area (Å²) in [5.74, 6) is 0.0379. The van der Waals surface area contributed by atoms with E-state index in [1.165, 1.54) is 44.5 Å². The number of aromatic amines is 1. The first-order valence-electron chi connectivity index (χ1n) is 7.90. The quantitative estimate of drug-likeness (QED) is 0.864. The van der Waals surface area contributed by atoms with Crippen molar-refractivity contribution in [3.8, 4) is 5.88 Å². The Balaban J connectivity index is 1.57. The normalized spacial score (nSPS) is 16.0. The predicted octanol–water partition coefficient (Wildman–Crippen LogP) is 2.92. The summed E-state index contributed by atoms with van der Waals surface area (Å²) >= 11 is 0. The molecule has 1 aliphatic rings. The number of nitrogens with zero attached hydrogens (tertiary/aromatic N) is 1. The maximum Gasteiger partial charge on any atom is 0.258 e. The Bertz CT molecular complexity index is 693. The SMILES string of the molecule is O=c1[nH]c(OCCCN2CCCCC2)cc2ccc(F)cc12. The van der Waals surface area contributed by atoms with Crippen molar-refractivity contribution in [1.29, 1.82) is 0 Å². The molecule has 0 bridgehead atoms. The van der Waals surface area contributed by atoms with Gasteiger partial charge in [0.05, 0.1) is 12.0 Å². The smallest absolute Gasteiger partial charge is 0.258 e. The molecule has 5 heteroatoms. The van der Waals surface area contributed by atoms with Crippen LogP contribution < -0.4 is 10.3 Å². The number of H-pyrrole nitrogens is 1. The molecular formula is C17H21FN2O2. The van der Waals surface area contributed by atoms with Crippen LogP contribution in [0, 0.1) is 5.82 Å². The zero-order valence-corrected chi connectivity index (χ0v) is 12.6. The summed E-state index contributed by atoms with van der Waals surface area (Å²) in [4.78, 5) is 17.0. The van der Waals surface area contributed by atoms with Gasteiger partial charge >= 0.3 is 0 Å². The van der Waals surface area contributed by atoms with Crippen LogP contribution >= 0.6 is 0 Å². The number of nitrogens with one attached hydrogen (secondary N) is 1.